The first-order valence-electron chi connectivity index (χ1n) is 52.3. The van der Waals surface area contributed by atoms with Crippen molar-refractivity contribution in [3.05, 3.63) is 394 Å². The van der Waals surface area contributed by atoms with E-state index < -0.39 is 0 Å². The topological polar surface area (TPSA) is 46.7 Å². The van der Waals surface area contributed by atoms with E-state index in [4.69, 9.17) is 16.4 Å². The third-order valence-corrected chi connectivity index (χ3v) is 30.5. The summed E-state index contributed by atoms with van der Waals surface area (Å²) in [5.74, 6) is 0. The fourth-order valence-corrected chi connectivity index (χ4v) is 25.0. The van der Waals surface area contributed by atoms with E-state index in [1.54, 1.807) is 6.92 Å². The van der Waals surface area contributed by atoms with Gasteiger partial charge in [-0.3, -0.25) is 0 Å². The lowest BCUT2D eigenvalue weighted by atomic mass is 10.0. The van der Waals surface area contributed by atoms with Crippen LogP contribution in [0, 0.1) is 6.92 Å². The number of hydrogen-bond acceptors (Lipinski definition) is 0. The molecule has 10 nitrogen and oxygen atoms in total. The summed E-state index contributed by atoms with van der Waals surface area (Å²) in [6.07, 6.45) is 0. The van der Waals surface area contributed by atoms with Gasteiger partial charge in [0.1, 0.15) is 0 Å². The van der Waals surface area contributed by atoms with Gasteiger partial charge in [0.05, 0.1) is 127 Å². The van der Waals surface area contributed by atoms with Gasteiger partial charge in [0.15, 0.2) is 0 Å². The van der Waals surface area contributed by atoms with E-state index in [0.717, 1.165) is 115 Å². The Morgan fingerprint density at radius 1 is 0.147 bits per heavy atom. The van der Waals surface area contributed by atoms with Crippen molar-refractivity contribution in [3.8, 4) is 0 Å². The highest BCUT2D eigenvalue weighted by atomic mass is 15.0. The zero-order chi connectivity index (χ0) is 99.8. The van der Waals surface area contributed by atoms with Crippen LogP contribution < -0.4 is 0 Å². The molecule has 0 atom stereocenters. The second-order valence-corrected chi connectivity index (χ2v) is 36.9. The number of hydrogen-bond donors (Lipinski definition) is 0. The quantitative estimate of drug-likeness (QED) is 0.145. The molecule has 0 aliphatic carbocycles. The summed E-state index contributed by atoms with van der Waals surface area (Å²) < 4.78 is 127. The Labute approximate surface area is 791 Å². The van der Waals surface area contributed by atoms with Crippen LogP contribution in [-0.2, 0) is 35.2 Å². The summed E-state index contributed by atoms with van der Waals surface area (Å²) in [6, 6.07) is 112. The standard InChI is InChI=1S/C26H18N2.4C25H16N2/c1-15-12-13-16-18-7-3-8-19-17-6-4-9-20-24(17)25-21(27(20)2)10-5-11-22(25)28(26(18)19)23(16)14-15;4*1-26-20-12-5-8-16-18-10-4-9-17-15-7-2-3-11-19(15)27(25(17)18)22-14-6-13-21(26)24(22)23(16)20/h3-14H,1-2H3;4*2-14H,1H3/i3D,7D,8D,12D,13D,14D;10D,11D;7D,9D;13D;12D. The molecular weight excluding hydrogens is 1650 g/mol. The largest absolute Gasteiger partial charge is 0.344 e. The molecule has 0 spiro atoms. The Morgan fingerprint density at radius 3 is 0.838 bits per heavy atom. The minimum atomic E-state index is -0.213. The minimum Gasteiger partial charge on any atom is -0.344 e. The first-order valence-corrected chi connectivity index (χ1v) is 46.3. The van der Waals surface area contributed by atoms with Gasteiger partial charge in [-0.2, -0.15) is 0 Å². The molecular formula is C126H82N10. The van der Waals surface area contributed by atoms with Gasteiger partial charge in [0.2, 0.25) is 0 Å². The van der Waals surface area contributed by atoms with Crippen LogP contribution in [0.15, 0.2) is 388 Å². The molecule has 15 heterocycles. The van der Waals surface area contributed by atoms with Crippen LogP contribution in [0.2, 0.25) is 0 Å². The van der Waals surface area contributed by atoms with Crippen LogP contribution in [0.1, 0.15) is 22.0 Å². The first kappa shape index (κ1) is 63.4. The van der Waals surface area contributed by atoms with E-state index >= 15 is 0 Å². The molecule has 0 bridgehead atoms. The van der Waals surface area contributed by atoms with Gasteiger partial charge in [-0.25, -0.2) is 0 Å². The fourth-order valence-electron chi connectivity index (χ4n) is 25.0. The maximum Gasteiger partial charge on any atom is 0.0648 e. The number of nitrogens with zero attached hydrogens (tertiary/aromatic N) is 10. The molecule has 0 N–H and O–H groups in total. The van der Waals surface area contributed by atoms with Gasteiger partial charge < -0.3 is 44.8 Å². The van der Waals surface area contributed by atoms with E-state index in [0.29, 0.717) is 69.0 Å². The van der Waals surface area contributed by atoms with Gasteiger partial charge in [0, 0.05) is 197 Å². The van der Waals surface area contributed by atoms with Crippen LogP contribution >= 0.6 is 0 Å². The van der Waals surface area contributed by atoms with Crippen molar-refractivity contribution in [1.82, 2.24) is 44.8 Å². The molecule has 10 heteroatoms. The van der Waals surface area contributed by atoms with Crippen LogP contribution in [0.5, 0.6) is 0 Å². The third kappa shape index (κ3) is 9.25. The molecule has 35 rings (SSSR count). The normalized spacial score (nSPS) is 13.9. The highest BCUT2D eigenvalue weighted by Gasteiger charge is 2.28. The molecule has 0 aliphatic heterocycles. The maximum absolute atomic E-state index is 8.97. The monoisotopic (exact) mass is 1750 g/mol. The van der Waals surface area contributed by atoms with Crippen molar-refractivity contribution in [3.63, 3.8) is 0 Å². The maximum atomic E-state index is 8.97. The smallest absolute Gasteiger partial charge is 0.0648 e. The summed E-state index contributed by atoms with van der Waals surface area (Å²) in [6.45, 7) is 1.67. The molecule has 0 saturated carbocycles. The molecule has 0 aliphatic rings. The second-order valence-electron chi connectivity index (χ2n) is 36.9. The van der Waals surface area contributed by atoms with Gasteiger partial charge in [-0.15, -0.1) is 0 Å². The molecule has 0 fully saturated rings. The van der Waals surface area contributed by atoms with E-state index in [1.165, 1.54) is 158 Å². The van der Waals surface area contributed by atoms with Gasteiger partial charge in [-0.1, -0.05) is 267 Å². The predicted molar refractivity (Wildman–Crippen MR) is 580 cm³/mol. The SMILES string of the molecule is [2H]c1c(C)c([2H])c2c(c1[2H])c1c([2H])c([2H])c([2H])c3c4cccc5c4c4c(cccc4n2c31)n5C.[2H]c1ccc2c3c4c(cccc4n(C)c13)c1cccc3c4ccccc4n2c13.[2H]c1ccc2c3cccc([2H])c3n3c4cccc5c4c4c(cccc4n5C)c1c23.[2H]c1ccc2c3cccc4c5ccccc5n(c5cccc6c5c2c1n6C)c34.[2H]c1cccc2c1c1c([2H])ccc3c4cccc5c4c4c(cccc4n2c31)n5C. The lowest BCUT2D eigenvalue weighted by molar-refractivity contribution is 1.01. The Morgan fingerprint density at radius 2 is 0.368 bits per heavy atom. The minimum absolute atomic E-state index is 0.0419. The lowest BCUT2D eigenvalue weighted by Crippen LogP contribution is -1.89. The Hall–Kier alpha value is -17.6. The molecule has 0 unspecified atom stereocenters. The van der Waals surface area contributed by atoms with Crippen molar-refractivity contribution >= 4 is 300 Å². The highest BCUT2D eigenvalue weighted by molar-refractivity contribution is 6.38. The average molecular weight is 1750 g/mol. The summed E-state index contributed by atoms with van der Waals surface area (Å²) in [5, 5.41) is 32.1. The average Bonchev–Trinajstić information content (AvgIpc) is 1.50. The summed E-state index contributed by atoms with van der Waals surface area (Å²) >= 11 is 0. The van der Waals surface area contributed by atoms with Crippen LogP contribution in [0.25, 0.3) is 300 Å². The molecule has 636 valence electrons. The summed E-state index contributed by atoms with van der Waals surface area (Å²) in [7, 11) is 10.4. The summed E-state index contributed by atoms with van der Waals surface area (Å²) in [5.41, 5.74) is 26.8. The summed E-state index contributed by atoms with van der Waals surface area (Å²) in [4.78, 5) is 0. The third-order valence-electron chi connectivity index (χ3n) is 30.5. The van der Waals surface area contributed by atoms with Crippen molar-refractivity contribution < 1.29 is 16.4 Å². The zero-order valence-electron chi connectivity index (χ0n) is 86.5. The van der Waals surface area contributed by atoms with Gasteiger partial charge in [-0.05, 0) is 161 Å². The first-order chi connectivity index (χ1) is 72.1. The molecule has 15 aromatic heterocycles. The number of benzene rings is 20. The molecule has 0 radical (unpaired) electrons. The van der Waals surface area contributed by atoms with Crippen molar-refractivity contribution in [2.45, 2.75) is 6.92 Å². The van der Waals surface area contributed by atoms with Crippen molar-refractivity contribution in [1.29, 1.82) is 0 Å². The second kappa shape index (κ2) is 26.6. The fraction of sp³-hybridized carbons (Fsp3) is 0.0476. The molecule has 35 aromatic rings. The Balaban J connectivity index is 0.0000000838. The van der Waals surface area contributed by atoms with Crippen LogP contribution in [0.4, 0.5) is 0 Å². The highest BCUT2D eigenvalue weighted by Crippen LogP contribution is 2.51. The van der Waals surface area contributed by atoms with Crippen molar-refractivity contribution in [2.24, 2.45) is 35.2 Å². The number of fused-ring (bicyclic) bond motifs is 25. The molecule has 20 aromatic carbocycles. The van der Waals surface area contributed by atoms with Crippen LogP contribution in [-0.4, -0.2) is 44.8 Å². The lowest BCUT2D eigenvalue weighted by Gasteiger charge is -2.03. The Kier molecular flexibility index (Phi) is 12.4. The number of aryl methyl sites for hydroxylation is 5. The molecule has 0 saturated heterocycles. The van der Waals surface area contributed by atoms with E-state index in [-0.39, 0.29) is 36.3 Å². The zero-order valence-corrected chi connectivity index (χ0v) is 74.5. The molecule has 0 amide bonds. The van der Waals surface area contributed by atoms with E-state index in [2.05, 4.69) is 293 Å². The number of rotatable bonds is 0. The Bertz CT molecular complexity index is 12200. The van der Waals surface area contributed by atoms with Gasteiger partial charge in [0.25, 0.3) is 0 Å². The van der Waals surface area contributed by atoms with E-state index in [1.807, 2.05) is 102 Å². The van der Waals surface area contributed by atoms with Gasteiger partial charge >= 0.3 is 0 Å². The molecule has 136 heavy (non-hydrogen) atoms. The predicted octanol–water partition coefficient (Wildman–Crippen LogP) is 32.7. The number of para-hydroxylation sites is 9. The number of aromatic nitrogens is 10. The van der Waals surface area contributed by atoms with E-state index in [9.17, 15) is 0 Å². The van der Waals surface area contributed by atoms with Crippen molar-refractivity contribution in [2.75, 3.05) is 0 Å². The van der Waals surface area contributed by atoms with Crippen LogP contribution in [0.3, 0.4) is 0 Å².